The molecule has 0 aliphatic heterocycles. The Labute approximate surface area is 225 Å². The quantitative estimate of drug-likeness (QED) is 0.247. The predicted octanol–water partition coefficient (Wildman–Crippen LogP) is 3.95. The zero-order chi connectivity index (χ0) is 27.1. The highest BCUT2D eigenvalue weighted by Gasteiger charge is 2.27. The number of hydrogen-bond acceptors (Lipinski definition) is 9. The molecule has 38 heavy (non-hydrogen) atoms. The summed E-state index contributed by atoms with van der Waals surface area (Å²) in [5, 5.41) is 9.09. The van der Waals surface area contributed by atoms with E-state index in [-0.39, 0.29) is 22.5 Å². The molecule has 0 unspecified atom stereocenters. The van der Waals surface area contributed by atoms with E-state index < -0.39 is 22.3 Å². The summed E-state index contributed by atoms with van der Waals surface area (Å²) in [5.41, 5.74) is 7.29. The van der Waals surface area contributed by atoms with Gasteiger partial charge in [0.05, 0.1) is 22.0 Å². The van der Waals surface area contributed by atoms with Gasteiger partial charge in [0.25, 0.3) is 10.8 Å². The second-order valence-electron chi connectivity index (χ2n) is 8.54. The van der Waals surface area contributed by atoms with Crippen molar-refractivity contribution in [3.05, 3.63) is 86.0 Å². The zero-order valence-corrected chi connectivity index (χ0v) is 22.1. The molecule has 0 spiro atoms. The Hall–Kier alpha value is -4.22. The number of para-hydroxylation sites is 1. The van der Waals surface area contributed by atoms with E-state index in [1.54, 1.807) is 19.1 Å². The molecule has 192 valence electrons. The van der Waals surface area contributed by atoms with E-state index in [4.69, 9.17) is 26.7 Å². The number of Topliss-reactive ketones (excluding diaryl/α,β-unsaturated/α-hetero) is 1. The first-order valence-electron chi connectivity index (χ1n) is 11.4. The molecule has 0 saturated carbocycles. The molecule has 2 N–H and O–H groups in total. The van der Waals surface area contributed by atoms with Gasteiger partial charge >= 0.3 is 5.69 Å². The van der Waals surface area contributed by atoms with Crippen LogP contribution in [0.5, 0.6) is 0 Å². The molecule has 0 radical (unpaired) electrons. The SMILES string of the molecule is C[C@@H](Sc1nnc(-c2cc(-c3ccc(Cl)cc3)nc3ccccc23)o1)C(=O)c1c(N)n(C)c(=O)n(C)c1=O. The number of halogens is 1. The van der Waals surface area contributed by atoms with Gasteiger partial charge in [0.1, 0.15) is 11.4 Å². The zero-order valence-electron chi connectivity index (χ0n) is 20.5. The fourth-order valence-corrected chi connectivity index (χ4v) is 4.85. The smallest absolute Gasteiger partial charge is 0.332 e. The van der Waals surface area contributed by atoms with Crippen molar-refractivity contribution in [1.82, 2.24) is 24.3 Å². The first-order chi connectivity index (χ1) is 18.2. The lowest BCUT2D eigenvalue weighted by atomic mass is 10.0. The number of fused-ring (bicyclic) bond motifs is 1. The lowest BCUT2D eigenvalue weighted by Crippen LogP contribution is -2.42. The average molecular weight is 549 g/mol. The Balaban J connectivity index is 1.49. The number of rotatable bonds is 6. The molecule has 5 rings (SSSR count). The fourth-order valence-electron chi connectivity index (χ4n) is 3.99. The van der Waals surface area contributed by atoms with Crippen molar-refractivity contribution >= 4 is 45.9 Å². The van der Waals surface area contributed by atoms with E-state index in [0.717, 1.165) is 37.4 Å². The average Bonchev–Trinajstić information content (AvgIpc) is 3.38. The first-order valence-corrected chi connectivity index (χ1v) is 12.7. The van der Waals surface area contributed by atoms with Gasteiger partial charge in [0.15, 0.2) is 5.78 Å². The molecule has 12 heteroatoms. The van der Waals surface area contributed by atoms with Crippen molar-refractivity contribution in [2.45, 2.75) is 17.4 Å². The molecular weight excluding hydrogens is 528 g/mol. The number of nitrogen functional groups attached to an aromatic ring is 1. The maximum atomic E-state index is 13.1. The van der Waals surface area contributed by atoms with Gasteiger partial charge in [0, 0.05) is 30.1 Å². The van der Waals surface area contributed by atoms with Crippen molar-refractivity contribution in [2.75, 3.05) is 5.73 Å². The Kier molecular flexibility index (Phi) is 6.64. The number of nitrogens with zero attached hydrogens (tertiary/aromatic N) is 5. The maximum absolute atomic E-state index is 13.1. The summed E-state index contributed by atoms with van der Waals surface area (Å²) in [7, 11) is 2.69. The third-order valence-corrected chi connectivity index (χ3v) is 7.28. The monoisotopic (exact) mass is 548 g/mol. The van der Waals surface area contributed by atoms with Crippen LogP contribution in [0.15, 0.2) is 73.8 Å². The van der Waals surface area contributed by atoms with E-state index in [0.29, 0.717) is 16.3 Å². The number of carbonyl (C=O) groups is 1. The van der Waals surface area contributed by atoms with E-state index >= 15 is 0 Å². The molecule has 0 fully saturated rings. The number of pyridine rings is 1. The highest BCUT2D eigenvalue weighted by Crippen LogP contribution is 2.34. The molecule has 10 nitrogen and oxygen atoms in total. The van der Waals surface area contributed by atoms with Gasteiger partial charge in [-0.25, -0.2) is 9.78 Å². The number of hydrogen-bond donors (Lipinski definition) is 1. The maximum Gasteiger partial charge on any atom is 0.332 e. The van der Waals surface area contributed by atoms with Gasteiger partial charge in [0.2, 0.25) is 5.89 Å². The van der Waals surface area contributed by atoms with Gasteiger partial charge in [-0.05, 0) is 31.2 Å². The van der Waals surface area contributed by atoms with Crippen LogP contribution in [0, 0.1) is 0 Å². The van der Waals surface area contributed by atoms with E-state index in [9.17, 15) is 14.4 Å². The Morgan fingerprint density at radius 3 is 2.50 bits per heavy atom. The number of anilines is 1. The number of nitrogens with two attached hydrogens (primary N) is 1. The van der Waals surface area contributed by atoms with Crippen LogP contribution in [-0.2, 0) is 14.1 Å². The van der Waals surface area contributed by atoms with Gasteiger partial charge in [-0.15, -0.1) is 10.2 Å². The Morgan fingerprint density at radius 2 is 1.76 bits per heavy atom. The van der Waals surface area contributed by atoms with Crippen LogP contribution >= 0.6 is 23.4 Å². The molecule has 0 saturated heterocycles. The standard InChI is InChI=1S/C26H21ClN6O4S/c1-13(21(34)20-22(28)32(2)26(36)33(3)24(20)35)38-25-31-30-23(37-25)17-12-19(14-8-10-15(27)11-9-14)29-18-7-5-4-6-16(17)18/h4-13H,28H2,1-3H3/t13-/m1/s1. The summed E-state index contributed by atoms with van der Waals surface area (Å²) in [6.07, 6.45) is 0. The Morgan fingerprint density at radius 1 is 1.05 bits per heavy atom. The molecule has 0 bridgehead atoms. The van der Waals surface area contributed by atoms with Crippen LogP contribution in [0.2, 0.25) is 5.02 Å². The lowest BCUT2D eigenvalue weighted by molar-refractivity contribution is 0.0991. The highest BCUT2D eigenvalue weighted by molar-refractivity contribution is 8.00. The van der Waals surface area contributed by atoms with Crippen LogP contribution in [0.4, 0.5) is 5.82 Å². The second-order valence-corrected chi connectivity index (χ2v) is 10.3. The topological polar surface area (TPSA) is 139 Å². The van der Waals surface area contributed by atoms with Gasteiger partial charge < -0.3 is 10.2 Å². The number of ketones is 1. The molecule has 3 aromatic heterocycles. The highest BCUT2D eigenvalue weighted by atomic mass is 35.5. The first kappa shape index (κ1) is 25.4. The van der Waals surface area contributed by atoms with E-state index in [2.05, 4.69) is 10.2 Å². The van der Waals surface area contributed by atoms with Crippen molar-refractivity contribution in [2.24, 2.45) is 14.1 Å². The normalized spacial score (nSPS) is 12.1. The summed E-state index contributed by atoms with van der Waals surface area (Å²) in [5.74, 6) is -0.499. The number of thioether (sulfide) groups is 1. The molecule has 0 amide bonds. The minimum atomic E-state index is -0.797. The number of aromatic nitrogens is 5. The molecule has 0 aliphatic rings. The van der Waals surface area contributed by atoms with Crippen LogP contribution in [-0.4, -0.2) is 35.3 Å². The summed E-state index contributed by atoms with van der Waals surface area (Å²) >= 11 is 7.04. The summed E-state index contributed by atoms with van der Waals surface area (Å²) in [4.78, 5) is 42.6. The third-order valence-electron chi connectivity index (χ3n) is 6.10. The van der Waals surface area contributed by atoms with Gasteiger partial charge in [-0.3, -0.25) is 18.7 Å². The molecule has 2 aromatic carbocycles. The molecule has 5 aromatic rings. The van der Waals surface area contributed by atoms with Crippen molar-refractivity contribution in [3.8, 4) is 22.7 Å². The van der Waals surface area contributed by atoms with E-state index in [1.165, 1.54) is 14.1 Å². The van der Waals surface area contributed by atoms with Crippen LogP contribution in [0.25, 0.3) is 33.6 Å². The molecule has 3 heterocycles. The van der Waals surface area contributed by atoms with Crippen molar-refractivity contribution in [1.29, 1.82) is 0 Å². The third kappa shape index (κ3) is 4.50. The number of benzene rings is 2. The molecular formula is C26H21ClN6O4S. The summed E-state index contributed by atoms with van der Waals surface area (Å²) in [6, 6.07) is 16.8. The van der Waals surface area contributed by atoms with Crippen LogP contribution < -0.4 is 17.0 Å². The van der Waals surface area contributed by atoms with Crippen LogP contribution in [0.1, 0.15) is 17.3 Å². The van der Waals surface area contributed by atoms with Crippen molar-refractivity contribution < 1.29 is 9.21 Å². The minimum absolute atomic E-state index is 0.134. The molecule has 0 aliphatic carbocycles. The summed E-state index contributed by atoms with van der Waals surface area (Å²) < 4.78 is 7.85. The number of carbonyl (C=O) groups excluding carboxylic acids is 1. The lowest BCUT2D eigenvalue weighted by Gasteiger charge is -2.13. The van der Waals surface area contributed by atoms with Gasteiger partial charge in [-0.2, -0.15) is 0 Å². The fraction of sp³-hybridized carbons (Fsp3) is 0.154. The summed E-state index contributed by atoms with van der Waals surface area (Å²) in [6.45, 7) is 1.60. The second kappa shape index (κ2) is 9.92. The van der Waals surface area contributed by atoms with Crippen molar-refractivity contribution in [3.63, 3.8) is 0 Å². The largest absolute Gasteiger partial charge is 0.411 e. The van der Waals surface area contributed by atoms with Gasteiger partial charge in [-0.1, -0.05) is 53.7 Å². The predicted molar refractivity (Wildman–Crippen MR) is 146 cm³/mol. The minimum Gasteiger partial charge on any atom is -0.411 e. The molecule has 1 atom stereocenters. The Bertz CT molecular complexity index is 1830. The van der Waals surface area contributed by atoms with Crippen LogP contribution in [0.3, 0.4) is 0 Å². The van der Waals surface area contributed by atoms with E-state index in [1.807, 2.05) is 42.5 Å².